The Labute approximate surface area is 141 Å². The van der Waals surface area contributed by atoms with Gasteiger partial charge in [0.05, 0.1) is 4.88 Å². The van der Waals surface area contributed by atoms with Crippen molar-refractivity contribution in [3.63, 3.8) is 0 Å². The van der Waals surface area contributed by atoms with Crippen molar-refractivity contribution in [3.05, 3.63) is 21.4 Å². The van der Waals surface area contributed by atoms with Crippen LogP contribution in [0.2, 0.25) is 0 Å². The summed E-state index contributed by atoms with van der Waals surface area (Å²) in [7, 11) is 0. The van der Waals surface area contributed by atoms with Crippen molar-refractivity contribution in [3.8, 4) is 0 Å². The minimum Gasteiger partial charge on any atom is -0.370 e. The fourth-order valence-corrected chi connectivity index (χ4v) is 4.38. The Morgan fingerprint density at radius 1 is 1.35 bits per heavy atom. The van der Waals surface area contributed by atoms with Gasteiger partial charge in [-0.1, -0.05) is 0 Å². The Balaban J connectivity index is 1.62. The fraction of sp³-hybridized carbons (Fsp3) is 0.647. The molecule has 1 aromatic heterocycles. The molecule has 6 heteroatoms. The van der Waals surface area contributed by atoms with Crippen LogP contribution in [0.1, 0.15) is 39.4 Å². The van der Waals surface area contributed by atoms with Gasteiger partial charge in [0.25, 0.3) is 5.91 Å². The second kappa shape index (κ2) is 6.61. The Kier molecular flexibility index (Phi) is 4.73. The molecule has 1 aliphatic carbocycles. The molecule has 0 aromatic carbocycles. The van der Waals surface area contributed by atoms with Crippen LogP contribution in [0.4, 0.5) is 0 Å². The minimum absolute atomic E-state index is 0.0404. The number of hydrogen-bond acceptors (Lipinski definition) is 4. The van der Waals surface area contributed by atoms with Gasteiger partial charge in [0.1, 0.15) is 0 Å². The quantitative estimate of drug-likeness (QED) is 0.830. The van der Waals surface area contributed by atoms with Crippen LogP contribution in [0.15, 0.2) is 6.07 Å². The first kappa shape index (κ1) is 16.5. The highest BCUT2D eigenvalue weighted by molar-refractivity contribution is 7.14. The number of likely N-dealkylation sites (tertiary alicyclic amines) is 1. The standard InChI is InChI=1S/C17H25N3O2S/c1-10-7-15(23-11(10)2)17(22)19-14-9-20(6-5-16(18)21)8-13(14)12-3-4-12/h7,12-14H,3-6,8-9H2,1-2H3,(H2,18,21)(H,19,22)/t13-,14+/m1/s1. The van der Waals surface area contributed by atoms with E-state index in [1.165, 1.54) is 23.3 Å². The number of amides is 2. The van der Waals surface area contributed by atoms with Gasteiger partial charge in [0, 0.05) is 37.0 Å². The molecule has 2 amide bonds. The van der Waals surface area contributed by atoms with Gasteiger partial charge in [-0.2, -0.15) is 0 Å². The van der Waals surface area contributed by atoms with Gasteiger partial charge in [-0.05, 0) is 50.2 Å². The van der Waals surface area contributed by atoms with Gasteiger partial charge in [-0.15, -0.1) is 11.3 Å². The highest BCUT2D eigenvalue weighted by Gasteiger charge is 2.43. The Bertz CT molecular complexity index is 589. The highest BCUT2D eigenvalue weighted by atomic mass is 32.1. The van der Waals surface area contributed by atoms with E-state index in [4.69, 9.17) is 5.73 Å². The van der Waals surface area contributed by atoms with Gasteiger partial charge < -0.3 is 16.0 Å². The Morgan fingerprint density at radius 3 is 2.65 bits per heavy atom. The van der Waals surface area contributed by atoms with E-state index in [0.717, 1.165) is 23.9 Å². The summed E-state index contributed by atoms with van der Waals surface area (Å²) in [5.41, 5.74) is 6.43. The first-order valence-electron chi connectivity index (χ1n) is 8.32. The molecule has 3 rings (SSSR count). The Morgan fingerprint density at radius 2 is 2.09 bits per heavy atom. The third kappa shape index (κ3) is 3.93. The summed E-state index contributed by atoms with van der Waals surface area (Å²) in [4.78, 5) is 27.8. The zero-order valence-corrected chi connectivity index (χ0v) is 14.6. The summed E-state index contributed by atoms with van der Waals surface area (Å²) >= 11 is 1.56. The van der Waals surface area contributed by atoms with E-state index in [0.29, 0.717) is 18.9 Å². The van der Waals surface area contributed by atoms with E-state index in [1.54, 1.807) is 11.3 Å². The number of nitrogens with two attached hydrogens (primary N) is 1. The Hall–Kier alpha value is -1.40. The summed E-state index contributed by atoms with van der Waals surface area (Å²) in [6.45, 7) is 6.57. The lowest BCUT2D eigenvalue weighted by Gasteiger charge is -2.19. The minimum atomic E-state index is -0.259. The second-order valence-corrected chi connectivity index (χ2v) is 8.16. The molecule has 0 spiro atoms. The lowest BCUT2D eigenvalue weighted by atomic mass is 9.98. The van der Waals surface area contributed by atoms with Crippen molar-refractivity contribution in [2.45, 2.75) is 39.2 Å². The maximum Gasteiger partial charge on any atom is 0.261 e. The van der Waals surface area contributed by atoms with E-state index in [-0.39, 0.29) is 17.9 Å². The van der Waals surface area contributed by atoms with Crippen LogP contribution in [-0.4, -0.2) is 42.4 Å². The van der Waals surface area contributed by atoms with E-state index in [2.05, 4.69) is 10.2 Å². The van der Waals surface area contributed by atoms with Crippen molar-refractivity contribution in [1.82, 2.24) is 10.2 Å². The summed E-state index contributed by atoms with van der Waals surface area (Å²) in [6.07, 6.45) is 2.91. The van der Waals surface area contributed by atoms with Gasteiger partial charge in [-0.3, -0.25) is 9.59 Å². The van der Waals surface area contributed by atoms with Crippen LogP contribution in [0.5, 0.6) is 0 Å². The first-order chi connectivity index (χ1) is 10.9. The third-order valence-electron chi connectivity index (χ3n) is 5.05. The number of carbonyl (C=O) groups is 2. The number of carbonyl (C=O) groups excluding carboxylic acids is 2. The topological polar surface area (TPSA) is 75.4 Å². The summed E-state index contributed by atoms with van der Waals surface area (Å²) < 4.78 is 0. The van der Waals surface area contributed by atoms with E-state index < -0.39 is 0 Å². The largest absolute Gasteiger partial charge is 0.370 e. The third-order valence-corrected chi connectivity index (χ3v) is 6.20. The molecule has 2 fully saturated rings. The molecule has 5 nitrogen and oxygen atoms in total. The molecule has 3 N–H and O–H groups in total. The predicted octanol–water partition coefficient (Wildman–Crippen LogP) is 1.68. The molecule has 126 valence electrons. The lowest BCUT2D eigenvalue weighted by Crippen LogP contribution is -2.41. The first-order valence-corrected chi connectivity index (χ1v) is 9.14. The average molecular weight is 335 g/mol. The molecule has 23 heavy (non-hydrogen) atoms. The molecule has 2 aliphatic rings. The summed E-state index contributed by atoms with van der Waals surface area (Å²) in [5, 5.41) is 3.24. The predicted molar refractivity (Wildman–Crippen MR) is 91.5 cm³/mol. The smallest absolute Gasteiger partial charge is 0.261 e. The molecule has 0 bridgehead atoms. The fourth-order valence-electron chi connectivity index (χ4n) is 3.44. The van der Waals surface area contributed by atoms with Crippen LogP contribution >= 0.6 is 11.3 Å². The van der Waals surface area contributed by atoms with Crippen molar-refractivity contribution >= 4 is 23.2 Å². The maximum atomic E-state index is 12.5. The van der Waals surface area contributed by atoms with E-state index in [9.17, 15) is 9.59 Å². The molecule has 0 radical (unpaired) electrons. The normalized spacial score (nSPS) is 24.8. The summed E-state index contributed by atoms with van der Waals surface area (Å²) in [5.74, 6) is 1.02. The van der Waals surface area contributed by atoms with Crippen LogP contribution < -0.4 is 11.1 Å². The average Bonchev–Trinajstić information content (AvgIpc) is 3.17. The lowest BCUT2D eigenvalue weighted by molar-refractivity contribution is -0.118. The molecule has 1 saturated heterocycles. The number of aryl methyl sites for hydroxylation is 2. The molecule has 1 aliphatic heterocycles. The molecule has 2 atom stereocenters. The molecule has 2 heterocycles. The van der Waals surface area contributed by atoms with Crippen LogP contribution in [0.25, 0.3) is 0 Å². The number of hydrogen-bond donors (Lipinski definition) is 2. The number of primary amides is 1. The SMILES string of the molecule is Cc1cc(C(=O)N[C@H]2CN(CCC(N)=O)C[C@@H]2C2CC2)sc1C. The zero-order chi connectivity index (χ0) is 16.6. The molecule has 1 saturated carbocycles. The molecule has 0 unspecified atom stereocenters. The maximum absolute atomic E-state index is 12.5. The summed E-state index contributed by atoms with van der Waals surface area (Å²) in [6, 6.07) is 2.16. The number of nitrogens with one attached hydrogen (secondary N) is 1. The van der Waals surface area contributed by atoms with Crippen molar-refractivity contribution in [2.24, 2.45) is 17.6 Å². The van der Waals surface area contributed by atoms with Gasteiger partial charge in [0.15, 0.2) is 0 Å². The van der Waals surface area contributed by atoms with Crippen molar-refractivity contribution in [1.29, 1.82) is 0 Å². The second-order valence-electron chi connectivity index (χ2n) is 6.91. The van der Waals surface area contributed by atoms with Gasteiger partial charge in [-0.25, -0.2) is 0 Å². The number of nitrogens with zero attached hydrogens (tertiary/aromatic N) is 1. The molecular formula is C17H25N3O2S. The van der Waals surface area contributed by atoms with E-state index >= 15 is 0 Å². The van der Waals surface area contributed by atoms with Crippen LogP contribution in [0.3, 0.4) is 0 Å². The van der Waals surface area contributed by atoms with Crippen molar-refractivity contribution < 1.29 is 9.59 Å². The molecule has 1 aromatic rings. The zero-order valence-electron chi connectivity index (χ0n) is 13.8. The number of rotatable bonds is 6. The van der Waals surface area contributed by atoms with E-state index in [1.807, 2.05) is 19.9 Å². The number of thiophene rings is 1. The van der Waals surface area contributed by atoms with Gasteiger partial charge >= 0.3 is 0 Å². The van der Waals surface area contributed by atoms with Crippen LogP contribution in [0, 0.1) is 25.7 Å². The van der Waals surface area contributed by atoms with Crippen molar-refractivity contribution in [2.75, 3.05) is 19.6 Å². The highest BCUT2D eigenvalue weighted by Crippen LogP contribution is 2.41. The molecular weight excluding hydrogens is 310 g/mol. The monoisotopic (exact) mass is 335 g/mol. The van der Waals surface area contributed by atoms with Crippen LogP contribution in [-0.2, 0) is 4.79 Å². The van der Waals surface area contributed by atoms with Gasteiger partial charge in [0.2, 0.25) is 5.91 Å².